The molecule has 3 heterocycles. The van der Waals surface area contributed by atoms with Gasteiger partial charge in [-0.2, -0.15) is 0 Å². The van der Waals surface area contributed by atoms with Crippen LogP contribution in [0.1, 0.15) is 42.5 Å². The van der Waals surface area contributed by atoms with Crippen molar-refractivity contribution in [2.24, 2.45) is 5.41 Å². The van der Waals surface area contributed by atoms with Gasteiger partial charge in [0.15, 0.2) is 0 Å². The van der Waals surface area contributed by atoms with Crippen molar-refractivity contribution in [3.8, 4) is 0 Å². The van der Waals surface area contributed by atoms with Gasteiger partial charge >= 0.3 is 0 Å². The van der Waals surface area contributed by atoms with E-state index in [4.69, 9.17) is 0 Å². The number of aromatic nitrogens is 1. The topological polar surface area (TPSA) is 36.4 Å². The van der Waals surface area contributed by atoms with Gasteiger partial charge in [0, 0.05) is 44.4 Å². The maximum absolute atomic E-state index is 13.8. The van der Waals surface area contributed by atoms with E-state index in [1.54, 1.807) is 13.0 Å². The van der Waals surface area contributed by atoms with E-state index in [9.17, 15) is 9.18 Å². The molecule has 1 amide bonds. The SMILES string of the molecule is Cc1ccc(CN2CCC3(CCC(=O)N(CCc4ccccn4)C3)CC2)cc1F. The third kappa shape index (κ3) is 4.84. The molecule has 0 radical (unpaired) electrons. The first kappa shape index (κ1) is 20.0. The average molecular weight is 396 g/mol. The Morgan fingerprint density at radius 2 is 1.97 bits per heavy atom. The molecule has 2 saturated heterocycles. The van der Waals surface area contributed by atoms with E-state index in [0.717, 1.165) is 69.7 Å². The Morgan fingerprint density at radius 3 is 2.69 bits per heavy atom. The predicted octanol–water partition coefficient (Wildman–Crippen LogP) is 3.98. The van der Waals surface area contributed by atoms with E-state index in [-0.39, 0.29) is 17.1 Å². The lowest BCUT2D eigenvalue weighted by Gasteiger charge is -2.47. The number of piperidine rings is 2. The molecule has 1 spiro atoms. The molecule has 154 valence electrons. The van der Waals surface area contributed by atoms with E-state index in [1.165, 1.54) is 0 Å². The number of carbonyl (C=O) groups is 1. The van der Waals surface area contributed by atoms with Gasteiger partial charge in [-0.15, -0.1) is 0 Å². The summed E-state index contributed by atoms with van der Waals surface area (Å²) in [5.74, 6) is 0.162. The van der Waals surface area contributed by atoms with Gasteiger partial charge in [0.05, 0.1) is 0 Å². The fourth-order valence-corrected chi connectivity index (χ4v) is 4.69. The fourth-order valence-electron chi connectivity index (χ4n) is 4.69. The number of benzene rings is 1. The molecule has 0 atom stereocenters. The summed E-state index contributed by atoms with van der Waals surface area (Å²) in [5.41, 5.74) is 3.02. The minimum atomic E-state index is -0.120. The number of aryl methyl sites for hydroxylation is 1. The van der Waals surface area contributed by atoms with Crippen LogP contribution < -0.4 is 0 Å². The smallest absolute Gasteiger partial charge is 0.222 e. The standard InChI is InChI=1S/C24H30FN3O/c1-19-5-6-20(16-22(19)25)17-27-14-10-24(11-15-27)9-7-23(29)28(18-24)13-8-21-4-2-3-12-26-21/h2-6,12,16H,7-11,13-15,17-18H2,1H3. The molecular formula is C24H30FN3O. The molecule has 4 rings (SSSR count). The summed E-state index contributed by atoms with van der Waals surface area (Å²) < 4.78 is 13.8. The molecule has 0 saturated carbocycles. The highest BCUT2D eigenvalue weighted by Gasteiger charge is 2.40. The normalized spacial score (nSPS) is 19.7. The van der Waals surface area contributed by atoms with Gasteiger partial charge in [-0.05, 0) is 74.0 Å². The van der Waals surface area contributed by atoms with Crippen molar-refractivity contribution in [2.75, 3.05) is 26.2 Å². The monoisotopic (exact) mass is 395 g/mol. The molecule has 2 aliphatic heterocycles. The Balaban J connectivity index is 1.32. The highest BCUT2D eigenvalue weighted by Crippen LogP contribution is 2.40. The number of hydrogen-bond acceptors (Lipinski definition) is 3. The summed E-state index contributed by atoms with van der Waals surface area (Å²) in [5, 5.41) is 0. The molecule has 1 aromatic carbocycles. The highest BCUT2D eigenvalue weighted by atomic mass is 19.1. The van der Waals surface area contributed by atoms with E-state index in [0.29, 0.717) is 12.0 Å². The number of halogens is 1. The minimum Gasteiger partial charge on any atom is -0.342 e. The second-order valence-corrected chi connectivity index (χ2v) is 8.75. The number of amides is 1. The van der Waals surface area contributed by atoms with Crippen molar-refractivity contribution in [3.63, 3.8) is 0 Å². The molecule has 2 fully saturated rings. The van der Waals surface area contributed by atoms with Crippen molar-refractivity contribution < 1.29 is 9.18 Å². The Kier molecular flexibility index (Phi) is 5.95. The van der Waals surface area contributed by atoms with Gasteiger partial charge in [-0.25, -0.2) is 4.39 Å². The van der Waals surface area contributed by atoms with Crippen LogP contribution in [-0.2, 0) is 17.8 Å². The highest BCUT2D eigenvalue weighted by molar-refractivity contribution is 5.77. The number of pyridine rings is 1. The van der Waals surface area contributed by atoms with Crippen LogP contribution in [0.15, 0.2) is 42.6 Å². The lowest BCUT2D eigenvalue weighted by Crippen LogP contribution is -2.51. The van der Waals surface area contributed by atoms with E-state index in [2.05, 4.69) is 14.8 Å². The van der Waals surface area contributed by atoms with Crippen molar-refractivity contribution in [3.05, 3.63) is 65.2 Å². The summed E-state index contributed by atoms with van der Waals surface area (Å²) >= 11 is 0. The molecule has 0 aliphatic carbocycles. The zero-order chi connectivity index (χ0) is 20.3. The van der Waals surface area contributed by atoms with Crippen LogP contribution in [0.4, 0.5) is 4.39 Å². The second kappa shape index (κ2) is 8.62. The van der Waals surface area contributed by atoms with E-state index in [1.807, 2.05) is 36.5 Å². The van der Waals surface area contributed by atoms with Crippen molar-refractivity contribution in [1.82, 2.24) is 14.8 Å². The Labute approximate surface area is 172 Å². The van der Waals surface area contributed by atoms with Crippen molar-refractivity contribution in [1.29, 1.82) is 0 Å². The summed E-state index contributed by atoms with van der Waals surface area (Å²) in [6.45, 7) is 6.24. The third-order valence-electron chi connectivity index (χ3n) is 6.67. The summed E-state index contributed by atoms with van der Waals surface area (Å²) in [6.07, 6.45) is 6.49. The molecular weight excluding hydrogens is 365 g/mol. The molecule has 0 N–H and O–H groups in total. The van der Waals surface area contributed by atoms with E-state index < -0.39 is 0 Å². The van der Waals surface area contributed by atoms with Crippen LogP contribution in [0.5, 0.6) is 0 Å². The molecule has 1 aromatic heterocycles. The maximum atomic E-state index is 13.8. The number of hydrogen-bond donors (Lipinski definition) is 0. The van der Waals surface area contributed by atoms with Gasteiger partial charge in [-0.3, -0.25) is 14.7 Å². The number of nitrogens with zero attached hydrogens (tertiary/aromatic N) is 3. The van der Waals surface area contributed by atoms with Crippen LogP contribution in [0, 0.1) is 18.2 Å². The number of likely N-dealkylation sites (tertiary alicyclic amines) is 2. The zero-order valence-corrected chi connectivity index (χ0v) is 17.2. The van der Waals surface area contributed by atoms with Gasteiger partial charge in [0.25, 0.3) is 0 Å². The first-order valence-corrected chi connectivity index (χ1v) is 10.7. The third-order valence-corrected chi connectivity index (χ3v) is 6.67. The molecule has 2 aromatic rings. The lowest BCUT2D eigenvalue weighted by molar-refractivity contribution is -0.139. The molecule has 29 heavy (non-hydrogen) atoms. The van der Waals surface area contributed by atoms with Gasteiger partial charge < -0.3 is 4.90 Å². The Hall–Kier alpha value is -2.27. The largest absolute Gasteiger partial charge is 0.342 e. The molecule has 0 unspecified atom stereocenters. The number of rotatable bonds is 5. The number of carbonyl (C=O) groups excluding carboxylic acids is 1. The zero-order valence-electron chi connectivity index (χ0n) is 17.2. The van der Waals surface area contributed by atoms with Crippen LogP contribution in [-0.4, -0.2) is 46.9 Å². The molecule has 4 nitrogen and oxygen atoms in total. The van der Waals surface area contributed by atoms with Crippen molar-refractivity contribution in [2.45, 2.75) is 45.6 Å². The van der Waals surface area contributed by atoms with Gasteiger partial charge in [0.1, 0.15) is 5.82 Å². The summed E-state index contributed by atoms with van der Waals surface area (Å²) in [6, 6.07) is 11.5. The quantitative estimate of drug-likeness (QED) is 0.768. The van der Waals surface area contributed by atoms with Gasteiger partial charge in [0.2, 0.25) is 5.91 Å². The first-order chi connectivity index (χ1) is 14.0. The molecule has 5 heteroatoms. The fraction of sp³-hybridized carbons (Fsp3) is 0.500. The lowest BCUT2D eigenvalue weighted by atomic mass is 9.72. The van der Waals surface area contributed by atoms with Crippen LogP contribution in [0.3, 0.4) is 0 Å². The Bertz CT molecular complexity index is 846. The summed E-state index contributed by atoms with van der Waals surface area (Å²) in [7, 11) is 0. The Morgan fingerprint density at radius 1 is 1.14 bits per heavy atom. The molecule has 0 bridgehead atoms. The molecule has 2 aliphatic rings. The minimum absolute atomic E-state index is 0.120. The summed E-state index contributed by atoms with van der Waals surface area (Å²) in [4.78, 5) is 21.3. The van der Waals surface area contributed by atoms with E-state index >= 15 is 0 Å². The predicted molar refractivity (Wildman–Crippen MR) is 112 cm³/mol. The van der Waals surface area contributed by atoms with Gasteiger partial charge in [-0.1, -0.05) is 18.2 Å². The van der Waals surface area contributed by atoms with Crippen LogP contribution in [0.2, 0.25) is 0 Å². The first-order valence-electron chi connectivity index (χ1n) is 10.7. The second-order valence-electron chi connectivity index (χ2n) is 8.75. The average Bonchev–Trinajstić information content (AvgIpc) is 2.74. The van der Waals surface area contributed by atoms with Crippen LogP contribution in [0.25, 0.3) is 0 Å². The van der Waals surface area contributed by atoms with Crippen LogP contribution >= 0.6 is 0 Å². The van der Waals surface area contributed by atoms with Crippen molar-refractivity contribution >= 4 is 5.91 Å². The maximum Gasteiger partial charge on any atom is 0.222 e.